The van der Waals surface area contributed by atoms with Gasteiger partial charge in [0, 0.05) is 22.8 Å². The molecule has 2 atom stereocenters. The third-order valence-electron chi connectivity index (χ3n) is 3.86. The predicted molar refractivity (Wildman–Crippen MR) is 79.7 cm³/mol. The van der Waals surface area contributed by atoms with E-state index in [9.17, 15) is 4.79 Å². The summed E-state index contributed by atoms with van der Waals surface area (Å²) >= 11 is 1.70. The Labute approximate surface area is 117 Å². The summed E-state index contributed by atoms with van der Waals surface area (Å²) in [6, 6.07) is 8.20. The van der Waals surface area contributed by atoms with E-state index in [1.54, 1.807) is 11.3 Å². The minimum atomic E-state index is 0.0358. The molecule has 2 unspecified atom stereocenters. The van der Waals surface area contributed by atoms with Crippen molar-refractivity contribution in [3.8, 4) is 0 Å². The molecule has 0 radical (unpaired) electrons. The van der Waals surface area contributed by atoms with Gasteiger partial charge in [0.1, 0.15) is 0 Å². The molecule has 2 heterocycles. The van der Waals surface area contributed by atoms with Crippen LogP contribution in [0.25, 0.3) is 10.1 Å². The fourth-order valence-corrected chi connectivity index (χ4v) is 3.31. The van der Waals surface area contributed by atoms with Crippen LogP contribution in [-0.2, 0) is 0 Å². The van der Waals surface area contributed by atoms with Gasteiger partial charge in [-0.15, -0.1) is 11.3 Å². The van der Waals surface area contributed by atoms with Crippen LogP contribution in [0.4, 0.5) is 0 Å². The molecular weight excluding hydrogens is 256 g/mol. The summed E-state index contributed by atoms with van der Waals surface area (Å²) in [7, 11) is 0. The van der Waals surface area contributed by atoms with Gasteiger partial charge in [-0.25, -0.2) is 0 Å². The quantitative estimate of drug-likeness (QED) is 0.884. The van der Waals surface area contributed by atoms with Gasteiger partial charge in [0.25, 0.3) is 5.91 Å². The Morgan fingerprint density at radius 2 is 2.32 bits per heavy atom. The predicted octanol–water partition coefficient (Wildman–Crippen LogP) is 2.63. The zero-order valence-electron chi connectivity index (χ0n) is 11.0. The summed E-state index contributed by atoms with van der Waals surface area (Å²) < 4.78 is 1.23. The molecule has 3 nitrogen and oxygen atoms in total. The van der Waals surface area contributed by atoms with Crippen LogP contribution in [0.2, 0.25) is 0 Å². The Hall–Kier alpha value is -1.39. The van der Waals surface area contributed by atoms with Gasteiger partial charge in [0.05, 0.1) is 0 Å². The van der Waals surface area contributed by atoms with E-state index >= 15 is 0 Å². The molecule has 4 heteroatoms. The molecule has 100 valence electrons. The summed E-state index contributed by atoms with van der Waals surface area (Å²) in [5.74, 6) is 0.573. The second kappa shape index (κ2) is 5.31. The Balaban J connectivity index is 1.75. The van der Waals surface area contributed by atoms with Gasteiger partial charge in [0.2, 0.25) is 0 Å². The fourth-order valence-electron chi connectivity index (χ4n) is 2.54. The van der Waals surface area contributed by atoms with E-state index in [1.807, 2.05) is 18.2 Å². The molecule has 1 amide bonds. The first kappa shape index (κ1) is 12.6. The molecule has 2 aromatic rings. The van der Waals surface area contributed by atoms with Crippen LogP contribution in [0.1, 0.15) is 23.7 Å². The first-order valence-corrected chi connectivity index (χ1v) is 7.61. The van der Waals surface area contributed by atoms with Crippen LogP contribution in [0.3, 0.4) is 0 Å². The molecule has 1 aliphatic heterocycles. The Bertz CT molecular complexity index is 593. The maximum absolute atomic E-state index is 12.3. The topological polar surface area (TPSA) is 41.1 Å². The van der Waals surface area contributed by atoms with Crippen LogP contribution in [0, 0.1) is 5.92 Å². The highest BCUT2D eigenvalue weighted by atomic mass is 32.1. The van der Waals surface area contributed by atoms with Crippen molar-refractivity contribution < 1.29 is 4.79 Å². The first-order chi connectivity index (χ1) is 9.24. The monoisotopic (exact) mass is 274 g/mol. The number of carbonyl (C=O) groups excluding carboxylic acids is 1. The van der Waals surface area contributed by atoms with Crippen molar-refractivity contribution in [1.29, 1.82) is 0 Å². The van der Waals surface area contributed by atoms with Gasteiger partial charge in [-0.05, 0) is 53.9 Å². The molecule has 19 heavy (non-hydrogen) atoms. The molecule has 1 fully saturated rings. The lowest BCUT2D eigenvalue weighted by molar-refractivity contribution is 0.0915. The zero-order chi connectivity index (χ0) is 13.2. The van der Waals surface area contributed by atoms with Gasteiger partial charge in [-0.3, -0.25) is 4.79 Å². The van der Waals surface area contributed by atoms with Crippen LogP contribution in [0.5, 0.6) is 0 Å². The summed E-state index contributed by atoms with van der Waals surface area (Å²) in [6.45, 7) is 4.12. The highest BCUT2D eigenvalue weighted by molar-refractivity contribution is 7.17. The van der Waals surface area contributed by atoms with Crippen molar-refractivity contribution in [3.63, 3.8) is 0 Å². The maximum atomic E-state index is 12.3. The van der Waals surface area contributed by atoms with Gasteiger partial charge in [-0.2, -0.15) is 0 Å². The number of carbonyl (C=O) groups is 1. The smallest absolute Gasteiger partial charge is 0.251 e. The molecule has 1 saturated heterocycles. The van der Waals surface area contributed by atoms with E-state index in [-0.39, 0.29) is 11.9 Å². The summed E-state index contributed by atoms with van der Waals surface area (Å²) in [6.07, 6.45) is 1.12. The van der Waals surface area contributed by atoms with Crippen molar-refractivity contribution in [3.05, 3.63) is 35.2 Å². The lowest BCUT2D eigenvalue weighted by atomic mass is 9.94. The molecule has 1 aromatic carbocycles. The van der Waals surface area contributed by atoms with Crippen LogP contribution < -0.4 is 10.6 Å². The van der Waals surface area contributed by atoms with E-state index in [0.717, 1.165) is 30.5 Å². The van der Waals surface area contributed by atoms with Gasteiger partial charge < -0.3 is 10.6 Å². The number of hydrogen-bond donors (Lipinski definition) is 2. The van der Waals surface area contributed by atoms with Crippen molar-refractivity contribution in [2.45, 2.75) is 19.4 Å². The minimum absolute atomic E-state index is 0.0358. The Morgan fingerprint density at radius 3 is 3.16 bits per heavy atom. The minimum Gasteiger partial charge on any atom is -0.348 e. The fraction of sp³-hybridized carbons (Fsp3) is 0.400. The summed E-state index contributed by atoms with van der Waals surface area (Å²) in [5.41, 5.74) is 0.753. The molecule has 1 aromatic heterocycles. The molecule has 0 aliphatic carbocycles. The zero-order valence-corrected chi connectivity index (χ0v) is 11.8. The van der Waals surface area contributed by atoms with Crippen LogP contribution in [-0.4, -0.2) is 25.0 Å². The van der Waals surface area contributed by atoms with Gasteiger partial charge in [0.15, 0.2) is 0 Å². The number of benzene rings is 1. The summed E-state index contributed by atoms with van der Waals surface area (Å²) in [5, 5.41) is 9.68. The van der Waals surface area contributed by atoms with Crippen LogP contribution in [0.15, 0.2) is 29.6 Å². The van der Waals surface area contributed by atoms with Crippen molar-refractivity contribution >= 4 is 27.3 Å². The number of thiophene rings is 1. The van der Waals surface area contributed by atoms with Crippen molar-refractivity contribution in [2.24, 2.45) is 5.92 Å². The Kier molecular flexibility index (Phi) is 3.53. The molecule has 0 bridgehead atoms. The number of rotatable bonds is 2. The molecule has 0 spiro atoms. The Morgan fingerprint density at radius 1 is 1.42 bits per heavy atom. The average molecular weight is 274 g/mol. The molecular formula is C15H18N2OS. The average Bonchev–Trinajstić information content (AvgIpc) is 2.88. The second-order valence-electron chi connectivity index (χ2n) is 5.22. The van der Waals surface area contributed by atoms with Gasteiger partial charge >= 0.3 is 0 Å². The highest BCUT2D eigenvalue weighted by Gasteiger charge is 2.23. The normalized spacial score (nSPS) is 23.4. The van der Waals surface area contributed by atoms with E-state index in [1.165, 1.54) is 4.70 Å². The van der Waals surface area contributed by atoms with Crippen molar-refractivity contribution in [2.75, 3.05) is 13.1 Å². The molecule has 3 rings (SSSR count). The van der Waals surface area contributed by atoms with E-state index in [2.05, 4.69) is 29.0 Å². The van der Waals surface area contributed by atoms with E-state index < -0.39 is 0 Å². The first-order valence-electron chi connectivity index (χ1n) is 6.73. The second-order valence-corrected chi connectivity index (χ2v) is 6.17. The number of piperidine rings is 1. The standard InChI is InChI=1S/C15H18N2OS/c1-10-4-6-16-9-13(10)17-15(18)12-2-3-14-11(8-12)5-7-19-14/h2-3,5,7-8,10,13,16H,4,6,9H2,1H3,(H,17,18). The molecule has 2 N–H and O–H groups in total. The number of nitrogens with one attached hydrogen (secondary N) is 2. The lowest BCUT2D eigenvalue weighted by Crippen LogP contribution is -2.50. The molecule has 1 aliphatic rings. The largest absolute Gasteiger partial charge is 0.348 e. The number of amides is 1. The van der Waals surface area contributed by atoms with Crippen molar-refractivity contribution in [1.82, 2.24) is 10.6 Å². The van der Waals surface area contributed by atoms with Gasteiger partial charge in [-0.1, -0.05) is 6.92 Å². The van der Waals surface area contributed by atoms with E-state index in [0.29, 0.717) is 5.92 Å². The number of fused-ring (bicyclic) bond motifs is 1. The maximum Gasteiger partial charge on any atom is 0.251 e. The number of hydrogen-bond acceptors (Lipinski definition) is 3. The highest BCUT2D eigenvalue weighted by Crippen LogP contribution is 2.22. The van der Waals surface area contributed by atoms with Crippen LogP contribution >= 0.6 is 11.3 Å². The SMILES string of the molecule is CC1CCNCC1NC(=O)c1ccc2sccc2c1. The molecule has 0 saturated carbocycles. The third kappa shape index (κ3) is 2.65. The third-order valence-corrected chi connectivity index (χ3v) is 4.76. The van der Waals surface area contributed by atoms with E-state index in [4.69, 9.17) is 0 Å². The summed E-state index contributed by atoms with van der Waals surface area (Å²) in [4.78, 5) is 12.3. The lowest BCUT2D eigenvalue weighted by Gasteiger charge is -2.30.